The standard InChI is InChI=1S/C12H14N2O3/c15-9-13-7-5-10(6-8-13)11-3-1-2-4-12(11)14(16)17/h1-4,9-10H,5-8H2. The van der Waals surface area contributed by atoms with Gasteiger partial charge in [-0.2, -0.15) is 0 Å². The Morgan fingerprint density at radius 3 is 2.53 bits per heavy atom. The smallest absolute Gasteiger partial charge is 0.272 e. The zero-order valence-electron chi connectivity index (χ0n) is 9.41. The van der Waals surface area contributed by atoms with Crippen molar-refractivity contribution in [3.63, 3.8) is 0 Å². The van der Waals surface area contributed by atoms with Gasteiger partial charge in [0.15, 0.2) is 0 Å². The van der Waals surface area contributed by atoms with Crippen molar-refractivity contribution >= 4 is 12.1 Å². The molecule has 0 unspecified atom stereocenters. The Kier molecular flexibility index (Phi) is 3.37. The van der Waals surface area contributed by atoms with E-state index in [9.17, 15) is 14.9 Å². The van der Waals surface area contributed by atoms with E-state index in [-0.39, 0.29) is 16.5 Å². The lowest BCUT2D eigenvalue weighted by Crippen LogP contribution is -2.31. The number of benzene rings is 1. The van der Waals surface area contributed by atoms with Gasteiger partial charge in [0.2, 0.25) is 6.41 Å². The fraction of sp³-hybridized carbons (Fsp3) is 0.417. The van der Waals surface area contributed by atoms with Crippen molar-refractivity contribution < 1.29 is 9.72 Å². The third kappa shape index (κ3) is 2.43. The van der Waals surface area contributed by atoms with Crippen LogP contribution in [0.5, 0.6) is 0 Å². The van der Waals surface area contributed by atoms with Gasteiger partial charge in [0.05, 0.1) is 4.92 Å². The van der Waals surface area contributed by atoms with E-state index in [0.717, 1.165) is 24.8 Å². The Hall–Kier alpha value is -1.91. The third-order valence-corrected chi connectivity index (χ3v) is 3.25. The molecule has 5 nitrogen and oxygen atoms in total. The van der Waals surface area contributed by atoms with E-state index in [1.165, 1.54) is 0 Å². The van der Waals surface area contributed by atoms with Gasteiger partial charge in [-0.3, -0.25) is 14.9 Å². The lowest BCUT2D eigenvalue weighted by molar-refractivity contribution is -0.385. The molecule has 1 heterocycles. The molecule has 0 aliphatic carbocycles. The predicted molar refractivity (Wildman–Crippen MR) is 62.7 cm³/mol. The normalized spacial score (nSPS) is 16.8. The Bertz CT molecular complexity index is 426. The zero-order valence-corrected chi connectivity index (χ0v) is 9.41. The van der Waals surface area contributed by atoms with Crippen molar-refractivity contribution in [3.8, 4) is 0 Å². The molecule has 1 aromatic carbocycles. The average molecular weight is 234 g/mol. The minimum absolute atomic E-state index is 0.188. The number of hydrogen-bond acceptors (Lipinski definition) is 3. The van der Waals surface area contributed by atoms with Crippen molar-refractivity contribution in [2.75, 3.05) is 13.1 Å². The molecule has 0 aromatic heterocycles. The number of amides is 1. The Balaban J connectivity index is 2.18. The number of para-hydroxylation sites is 1. The second-order valence-corrected chi connectivity index (χ2v) is 4.23. The molecule has 1 aromatic rings. The monoisotopic (exact) mass is 234 g/mol. The molecule has 1 amide bonds. The van der Waals surface area contributed by atoms with Gasteiger partial charge >= 0.3 is 0 Å². The molecule has 1 saturated heterocycles. The number of nitro benzene ring substituents is 1. The first-order chi connectivity index (χ1) is 8.22. The quantitative estimate of drug-likeness (QED) is 0.456. The average Bonchev–Trinajstić information content (AvgIpc) is 2.39. The third-order valence-electron chi connectivity index (χ3n) is 3.25. The van der Waals surface area contributed by atoms with Gasteiger partial charge in [0.1, 0.15) is 0 Å². The maximum absolute atomic E-state index is 10.9. The van der Waals surface area contributed by atoms with E-state index in [4.69, 9.17) is 0 Å². The fourth-order valence-electron chi connectivity index (χ4n) is 2.31. The summed E-state index contributed by atoms with van der Waals surface area (Å²) in [4.78, 5) is 22.9. The van der Waals surface area contributed by atoms with Crippen LogP contribution in [0.25, 0.3) is 0 Å². The Morgan fingerprint density at radius 1 is 1.29 bits per heavy atom. The molecule has 0 atom stereocenters. The number of carbonyl (C=O) groups is 1. The molecule has 2 rings (SSSR count). The number of carbonyl (C=O) groups excluding carboxylic acids is 1. The number of piperidine rings is 1. The molecule has 17 heavy (non-hydrogen) atoms. The van der Waals surface area contributed by atoms with Gasteiger partial charge in [0.25, 0.3) is 5.69 Å². The van der Waals surface area contributed by atoms with Gasteiger partial charge in [0, 0.05) is 24.7 Å². The first-order valence-electron chi connectivity index (χ1n) is 5.65. The van der Waals surface area contributed by atoms with E-state index < -0.39 is 0 Å². The van der Waals surface area contributed by atoms with Crippen molar-refractivity contribution in [2.45, 2.75) is 18.8 Å². The molecule has 0 saturated carbocycles. The molecule has 1 aliphatic heterocycles. The number of nitro groups is 1. The van der Waals surface area contributed by atoms with Crippen LogP contribution in [0.15, 0.2) is 24.3 Å². The highest BCUT2D eigenvalue weighted by Gasteiger charge is 2.25. The molecule has 1 aliphatic rings. The van der Waals surface area contributed by atoms with Crippen LogP contribution in [0.3, 0.4) is 0 Å². The summed E-state index contributed by atoms with van der Waals surface area (Å²) < 4.78 is 0. The topological polar surface area (TPSA) is 63.5 Å². The van der Waals surface area contributed by atoms with E-state index in [0.29, 0.717) is 13.1 Å². The van der Waals surface area contributed by atoms with Crippen LogP contribution in [0.2, 0.25) is 0 Å². The summed E-state index contributed by atoms with van der Waals surface area (Å²) in [6, 6.07) is 6.87. The number of rotatable bonds is 3. The summed E-state index contributed by atoms with van der Waals surface area (Å²) >= 11 is 0. The molecule has 0 spiro atoms. The van der Waals surface area contributed by atoms with E-state index in [1.54, 1.807) is 17.0 Å². The summed E-state index contributed by atoms with van der Waals surface area (Å²) in [6.07, 6.45) is 2.43. The van der Waals surface area contributed by atoms with Crippen LogP contribution in [0.4, 0.5) is 5.69 Å². The summed E-state index contributed by atoms with van der Waals surface area (Å²) in [5.74, 6) is 0.188. The second kappa shape index (κ2) is 4.95. The molecule has 5 heteroatoms. The van der Waals surface area contributed by atoms with E-state index in [1.807, 2.05) is 12.1 Å². The highest BCUT2D eigenvalue weighted by atomic mass is 16.6. The van der Waals surface area contributed by atoms with E-state index >= 15 is 0 Å². The van der Waals surface area contributed by atoms with Crippen LogP contribution >= 0.6 is 0 Å². The minimum Gasteiger partial charge on any atom is -0.345 e. The highest BCUT2D eigenvalue weighted by Crippen LogP contribution is 2.33. The molecule has 1 fully saturated rings. The fourth-order valence-corrected chi connectivity index (χ4v) is 2.31. The molecule has 0 N–H and O–H groups in total. The Morgan fingerprint density at radius 2 is 1.94 bits per heavy atom. The SMILES string of the molecule is O=CN1CCC(c2ccccc2[N+](=O)[O-])CC1. The summed E-state index contributed by atoms with van der Waals surface area (Å²) in [6.45, 7) is 1.36. The maximum Gasteiger partial charge on any atom is 0.272 e. The lowest BCUT2D eigenvalue weighted by Gasteiger charge is -2.29. The number of hydrogen-bond donors (Lipinski definition) is 0. The van der Waals surface area contributed by atoms with Crippen molar-refractivity contribution in [2.24, 2.45) is 0 Å². The minimum atomic E-state index is -0.332. The van der Waals surface area contributed by atoms with Crippen molar-refractivity contribution in [1.29, 1.82) is 0 Å². The summed E-state index contributed by atoms with van der Waals surface area (Å²) in [5.41, 5.74) is 0.986. The van der Waals surface area contributed by atoms with Crippen molar-refractivity contribution in [1.82, 2.24) is 4.90 Å². The molecule has 0 radical (unpaired) electrons. The van der Waals surface area contributed by atoms with Crippen LogP contribution in [-0.4, -0.2) is 29.3 Å². The first-order valence-corrected chi connectivity index (χ1v) is 5.65. The zero-order chi connectivity index (χ0) is 12.3. The largest absolute Gasteiger partial charge is 0.345 e. The van der Waals surface area contributed by atoms with Crippen LogP contribution < -0.4 is 0 Å². The van der Waals surface area contributed by atoms with Gasteiger partial charge in [-0.05, 0) is 18.8 Å². The van der Waals surface area contributed by atoms with Crippen LogP contribution in [0, 0.1) is 10.1 Å². The first kappa shape index (κ1) is 11.6. The van der Waals surface area contributed by atoms with Gasteiger partial charge in [-0.25, -0.2) is 0 Å². The predicted octanol–water partition coefficient (Wildman–Crippen LogP) is 1.93. The molecular weight excluding hydrogens is 220 g/mol. The molecule has 0 bridgehead atoms. The molecule has 90 valence electrons. The van der Waals surface area contributed by atoms with Gasteiger partial charge < -0.3 is 4.90 Å². The van der Waals surface area contributed by atoms with Crippen molar-refractivity contribution in [3.05, 3.63) is 39.9 Å². The Labute approximate surface area is 99.2 Å². The van der Waals surface area contributed by atoms with Gasteiger partial charge in [-0.15, -0.1) is 0 Å². The number of nitrogens with zero attached hydrogens (tertiary/aromatic N) is 2. The van der Waals surface area contributed by atoms with Crippen LogP contribution in [-0.2, 0) is 4.79 Å². The summed E-state index contributed by atoms with van der Waals surface area (Å²) in [5, 5.41) is 10.9. The lowest BCUT2D eigenvalue weighted by atomic mass is 9.88. The number of likely N-dealkylation sites (tertiary alicyclic amines) is 1. The molecular formula is C12H14N2O3. The second-order valence-electron chi connectivity index (χ2n) is 4.23. The maximum atomic E-state index is 10.9. The summed E-state index contributed by atoms with van der Waals surface area (Å²) in [7, 11) is 0. The van der Waals surface area contributed by atoms with E-state index in [2.05, 4.69) is 0 Å². The van der Waals surface area contributed by atoms with Gasteiger partial charge in [-0.1, -0.05) is 18.2 Å². The van der Waals surface area contributed by atoms with Crippen LogP contribution in [0.1, 0.15) is 24.3 Å². The highest BCUT2D eigenvalue weighted by molar-refractivity contribution is 5.48.